The lowest BCUT2D eigenvalue weighted by Crippen LogP contribution is -2.34. The average molecular weight is 312 g/mol. The molecule has 0 radical (unpaired) electrons. The van der Waals surface area contributed by atoms with E-state index in [9.17, 15) is 0 Å². The highest BCUT2D eigenvalue weighted by molar-refractivity contribution is 4.72. The predicted molar refractivity (Wildman–Crippen MR) is 97.3 cm³/mol. The summed E-state index contributed by atoms with van der Waals surface area (Å²) in [6.07, 6.45) is 19.5. The largest absolute Gasteiger partial charge is 0.396 e. The van der Waals surface area contributed by atoms with Gasteiger partial charge in [0.1, 0.15) is 0 Å². The molecule has 22 heavy (non-hydrogen) atoms. The summed E-state index contributed by atoms with van der Waals surface area (Å²) in [6, 6.07) is 0. The quantitative estimate of drug-likeness (QED) is 0.435. The maximum absolute atomic E-state index is 8.83. The molecule has 0 bridgehead atoms. The Hall–Kier alpha value is -0.0800. The highest BCUT2D eigenvalue weighted by Crippen LogP contribution is 2.23. The van der Waals surface area contributed by atoms with Crippen molar-refractivity contribution in [3.63, 3.8) is 0 Å². The van der Waals surface area contributed by atoms with Crippen molar-refractivity contribution in [3.05, 3.63) is 0 Å². The van der Waals surface area contributed by atoms with Crippen molar-refractivity contribution >= 4 is 0 Å². The number of piperidine rings is 1. The lowest BCUT2D eigenvalue weighted by molar-refractivity contribution is 0.169. The standard InChI is InChI=1S/C20H41NO/c1-2-3-4-5-6-7-8-9-10-13-20-14-17-21(18-15-20)16-11-12-19-22/h20,22H,2-19H2,1H3. The van der Waals surface area contributed by atoms with Crippen LogP contribution < -0.4 is 0 Å². The van der Waals surface area contributed by atoms with Crippen LogP contribution in [0.5, 0.6) is 0 Å². The van der Waals surface area contributed by atoms with Crippen molar-refractivity contribution in [2.75, 3.05) is 26.2 Å². The van der Waals surface area contributed by atoms with Gasteiger partial charge in [-0.25, -0.2) is 0 Å². The zero-order chi connectivity index (χ0) is 15.9. The van der Waals surface area contributed by atoms with Gasteiger partial charge < -0.3 is 10.0 Å². The van der Waals surface area contributed by atoms with Crippen molar-refractivity contribution < 1.29 is 5.11 Å². The van der Waals surface area contributed by atoms with E-state index in [-0.39, 0.29) is 0 Å². The van der Waals surface area contributed by atoms with Gasteiger partial charge >= 0.3 is 0 Å². The number of likely N-dealkylation sites (tertiary alicyclic amines) is 1. The van der Waals surface area contributed by atoms with Crippen molar-refractivity contribution in [1.29, 1.82) is 0 Å². The van der Waals surface area contributed by atoms with E-state index in [0.29, 0.717) is 6.61 Å². The van der Waals surface area contributed by atoms with Gasteiger partial charge in [-0.1, -0.05) is 71.1 Å². The first kappa shape index (κ1) is 20.0. The minimum atomic E-state index is 0.356. The van der Waals surface area contributed by atoms with E-state index in [1.807, 2.05) is 0 Å². The fraction of sp³-hybridized carbons (Fsp3) is 1.00. The van der Waals surface area contributed by atoms with Crippen LogP contribution in [-0.2, 0) is 0 Å². The number of unbranched alkanes of at least 4 members (excludes halogenated alkanes) is 9. The predicted octanol–water partition coefficient (Wildman–Crippen LogP) is 5.39. The van der Waals surface area contributed by atoms with Gasteiger partial charge in [0, 0.05) is 6.61 Å². The number of rotatable bonds is 14. The topological polar surface area (TPSA) is 23.5 Å². The molecular weight excluding hydrogens is 270 g/mol. The number of nitrogens with zero attached hydrogens (tertiary/aromatic N) is 1. The molecule has 2 heteroatoms. The van der Waals surface area contributed by atoms with E-state index in [0.717, 1.165) is 12.3 Å². The Balaban J connectivity index is 1.84. The van der Waals surface area contributed by atoms with Crippen molar-refractivity contribution in [2.24, 2.45) is 5.92 Å². The number of hydrogen-bond donors (Lipinski definition) is 1. The van der Waals surface area contributed by atoms with E-state index in [1.165, 1.54) is 103 Å². The van der Waals surface area contributed by atoms with Crippen LogP contribution in [0.2, 0.25) is 0 Å². The third-order valence-electron chi connectivity index (χ3n) is 5.31. The Labute approximate surface area is 139 Å². The third kappa shape index (κ3) is 10.6. The van der Waals surface area contributed by atoms with Gasteiger partial charge in [-0.3, -0.25) is 0 Å². The highest BCUT2D eigenvalue weighted by Gasteiger charge is 2.18. The minimum Gasteiger partial charge on any atom is -0.396 e. The summed E-state index contributed by atoms with van der Waals surface area (Å²) in [7, 11) is 0. The molecule has 0 aromatic carbocycles. The summed E-state index contributed by atoms with van der Waals surface area (Å²) in [5.74, 6) is 0.999. The Bertz CT molecular complexity index is 224. The molecule has 0 atom stereocenters. The van der Waals surface area contributed by atoms with Crippen LogP contribution in [0.1, 0.15) is 96.8 Å². The van der Waals surface area contributed by atoms with Gasteiger partial charge in [-0.05, 0) is 51.2 Å². The lowest BCUT2D eigenvalue weighted by Gasteiger charge is -2.32. The smallest absolute Gasteiger partial charge is 0.0431 e. The zero-order valence-electron chi connectivity index (χ0n) is 15.2. The molecule has 0 saturated carbocycles. The first-order valence-electron chi connectivity index (χ1n) is 10.2. The third-order valence-corrected chi connectivity index (χ3v) is 5.31. The molecule has 1 rings (SSSR count). The molecule has 0 spiro atoms. The summed E-state index contributed by atoms with van der Waals surface area (Å²) in [4.78, 5) is 2.60. The van der Waals surface area contributed by atoms with Crippen LogP contribution in [-0.4, -0.2) is 36.2 Å². The molecule has 2 nitrogen and oxygen atoms in total. The maximum Gasteiger partial charge on any atom is 0.0431 e. The Morgan fingerprint density at radius 2 is 1.36 bits per heavy atom. The van der Waals surface area contributed by atoms with Crippen molar-refractivity contribution in [2.45, 2.75) is 96.8 Å². The second kappa shape index (κ2) is 14.5. The summed E-state index contributed by atoms with van der Waals surface area (Å²) < 4.78 is 0. The van der Waals surface area contributed by atoms with Crippen LogP contribution in [0.15, 0.2) is 0 Å². The monoisotopic (exact) mass is 311 g/mol. The Kier molecular flexibility index (Phi) is 13.2. The molecule has 0 aromatic rings. The average Bonchev–Trinajstić information content (AvgIpc) is 2.55. The van der Waals surface area contributed by atoms with E-state index < -0.39 is 0 Å². The van der Waals surface area contributed by atoms with Gasteiger partial charge in [0.25, 0.3) is 0 Å². The van der Waals surface area contributed by atoms with E-state index in [1.54, 1.807) is 0 Å². The molecule has 1 aliphatic rings. The molecule has 0 aliphatic carbocycles. The molecule has 1 N–H and O–H groups in total. The summed E-state index contributed by atoms with van der Waals surface area (Å²) in [5, 5.41) is 8.83. The van der Waals surface area contributed by atoms with Crippen molar-refractivity contribution in [1.82, 2.24) is 4.90 Å². The number of hydrogen-bond acceptors (Lipinski definition) is 2. The zero-order valence-corrected chi connectivity index (χ0v) is 15.2. The molecule has 1 aliphatic heterocycles. The summed E-state index contributed by atoms with van der Waals surface area (Å²) >= 11 is 0. The van der Waals surface area contributed by atoms with Gasteiger partial charge in [0.15, 0.2) is 0 Å². The van der Waals surface area contributed by atoms with Crippen LogP contribution >= 0.6 is 0 Å². The van der Waals surface area contributed by atoms with Crippen LogP contribution in [0.4, 0.5) is 0 Å². The second-order valence-electron chi connectivity index (χ2n) is 7.33. The Morgan fingerprint density at radius 1 is 0.773 bits per heavy atom. The van der Waals surface area contributed by atoms with Crippen LogP contribution in [0.3, 0.4) is 0 Å². The van der Waals surface area contributed by atoms with Crippen LogP contribution in [0.25, 0.3) is 0 Å². The molecule has 1 saturated heterocycles. The van der Waals surface area contributed by atoms with Gasteiger partial charge in [-0.2, -0.15) is 0 Å². The molecular formula is C20H41NO. The Morgan fingerprint density at radius 3 is 1.95 bits per heavy atom. The molecule has 132 valence electrons. The van der Waals surface area contributed by atoms with Crippen molar-refractivity contribution in [3.8, 4) is 0 Å². The van der Waals surface area contributed by atoms with Gasteiger partial charge in [0.05, 0.1) is 0 Å². The molecule has 0 unspecified atom stereocenters. The first-order chi connectivity index (χ1) is 10.9. The molecule has 1 heterocycles. The minimum absolute atomic E-state index is 0.356. The molecule has 1 fully saturated rings. The van der Waals surface area contributed by atoms with Crippen LogP contribution in [0, 0.1) is 5.92 Å². The van der Waals surface area contributed by atoms with E-state index in [4.69, 9.17) is 5.11 Å². The maximum atomic E-state index is 8.83. The lowest BCUT2D eigenvalue weighted by atomic mass is 9.91. The highest BCUT2D eigenvalue weighted by atomic mass is 16.2. The molecule has 0 amide bonds. The summed E-state index contributed by atoms with van der Waals surface area (Å²) in [5.41, 5.74) is 0. The SMILES string of the molecule is CCCCCCCCCCCC1CCN(CCCCO)CC1. The normalized spacial score (nSPS) is 17.2. The van der Waals surface area contributed by atoms with E-state index >= 15 is 0 Å². The van der Waals surface area contributed by atoms with Gasteiger partial charge in [0.2, 0.25) is 0 Å². The summed E-state index contributed by atoms with van der Waals surface area (Å²) in [6.45, 7) is 6.45. The van der Waals surface area contributed by atoms with Gasteiger partial charge in [-0.15, -0.1) is 0 Å². The second-order valence-corrected chi connectivity index (χ2v) is 7.33. The molecule has 0 aromatic heterocycles. The first-order valence-corrected chi connectivity index (χ1v) is 10.2. The number of aliphatic hydroxyl groups is 1. The fourth-order valence-corrected chi connectivity index (χ4v) is 3.69. The van der Waals surface area contributed by atoms with E-state index in [2.05, 4.69) is 11.8 Å². The fourth-order valence-electron chi connectivity index (χ4n) is 3.69. The number of aliphatic hydroxyl groups excluding tert-OH is 1.